The lowest BCUT2D eigenvalue weighted by Gasteiger charge is -2.27. The second-order valence-corrected chi connectivity index (χ2v) is 6.30. The average Bonchev–Trinajstić information content (AvgIpc) is 2.90. The van der Waals surface area contributed by atoms with Gasteiger partial charge in [-0.25, -0.2) is 4.79 Å². The standard InChI is InChI=1S/C15H20N2O3S/c1-2-3-14-17(12(10-21-14)15(19)20)13(18)5-4-11-6-8-16-9-7-11/h6-9,12,14H,2-5,10H2,1H3,(H,19,20). The second kappa shape index (κ2) is 7.45. The normalized spacial score (nSPS) is 21.5. The summed E-state index contributed by atoms with van der Waals surface area (Å²) in [4.78, 5) is 29.3. The summed E-state index contributed by atoms with van der Waals surface area (Å²) in [7, 11) is 0. The summed E-state index contributed by atoms with van der Waals surface area (Å²) >= 11 is 1.58. The van der Waals surface area contributed by atoms with Crippen LogP contribution in [-0.4, -0.2) is 44.0 Å². The van der Waals surface area contributed by atoms with E-state index in [9.17, 15) is 14.7 Å². The summed E-state index contributed by atoms with van der Waals surface area (Å²) in [5, 5.41) is 9.29. The fourth-order valence-electron chi connectivity index (χ4n) is 2.49. The highest BCUT2D eigenvalue weighted by Crippen LogP contribution is 2.33. The van der Waals surface area contributed by atoms with Crippen molar-refractivity contribution in [1.29, 1.82) is 0 Å². The van der Waals surface area contributed by atoms with Gasteiger partial charge in [0, 0.05) is 24.6 Å². The number of nitrogens with zero attached hydrogens (tertiary/aromatic N) is 2. The molecule has 1 saturated heterocycles. The number of hydrogen-bond acceptors (Lipinski definition) is 4. The summed E-state index contributed by atoms with van der Waals surface area (Å²) in [6.45, 7) is 2.05. The van der Waals surface area contributed by atoms with Crippen molar-refractivity contribution in [3.8, 4) is 0 Å². The maximum atomic E-state index is 12.5. The molecule has 0 aromatic carbocycles. The van der Waals surface area contributed by atoms with Crippen LogP contribution in [0.2, 0.25) is 0 Å². The predicted octanol–water partition coefficient (Wildman–Crippen LogP) is 2.17. The third kappa shape index (κ3) is 3.97. The van der Waals surface area contributed by atoms with Crippen LogP contribution < -0.4 is 0 Å². The molecule has 114 valence electrons. The number of carbonyl (C=O) groups is 2. The first kappa shape index (κ1) is 15.8. The van der Waals surface area contributed by atoms with Gasteiger partial charge in [-0.05, 0) is 30.5 Å². The van der Waals surface area contributed by atoms with E-state index in [-0.39, 0.29) is 11.3 Å². The third-order valence-electron chi connectivity index (χ3n) is 3.58. The number of carboxylic acid groups (broad SMARTS) is 1. The molecule has 2 heterocycles. The highest BCUT2D eigenvalue weighted by molar-refractivity contribution is 8.00. The maximum absolute atomic E-state index is 12.5. The number of pyridine rings is 1. The summed E-state index contributed by atoms with van der Waals surface area (Å²) in [6.07, 6.45) is 6.15. The lowest BCUT2D eigenvalue weighted by molar-refractivity contribution is -0.149. The minimum atomic E-state index is -0.904. The molecule has 1 aromatic rings. The van der Waals surface area contributed by atoms with E-state index in [4.69, 9.17) is 0 Å². The van der Waals surface area contributed by atoms with Crippen molar-refractivity contribution in [1.82, 2.24) is 9.88 Å². The van der Waals surface area contributed by atoms with E-state index >= 15 is 0 Å². The lowest BCUT2D eigenvalue weighted by Crippen LogP contribution is -2.45. The molecular weight excluding hydrogens is 288 g/mol. The summed E-state index contributed by atoms with van der Waals surface area (Å²) < 4.78 is 0. The largest absolute Gasteiger partial charge is 0.480 e. The van der Waals surface area contributed by atoms with Crippen molar-refractivity contribution in [2.24, 2.45) is 0 Å². The number of thioether (sulfide) groups is 1. The van der Waals surface area contributed by atoms with Gasteiger partial charge in [-0.15, -0.1) is 11.8 Å². The molecule has 6 heteroatoms. The fraction of sp³-hybridized carbons (Fsp3) is 0.533. The Morgan fingerprint density at radius 2 is 2.14 bits per heavy atom. The molecule has 0 spiro atoms. The SMILES string of the molecule is CCCC1SCC(C(=O)O)N1C(=O)CCc1ccncc1. The zero-order valence-corrected chi connectivity index (χ0v) is 12.9. The molecule has 1 aliphatic heterocycles. The molecule has 2 unspecified atom stereocenters. The van der Waals surface area contributed by atoms with E-state index in [2.05, 4.69) is 4.98 Å². The Morgan fingerprint density at radius 1 is 1.43 bits per heavy atom. The monoisotopic (exact) mass is 308 g/mol. The molecule has 0 aliphatic carbocycles. The Hall–Kier alpha value is -1.56. The van der Waals surface area contributed by atoms with Gasteiger partial charge in [-0.1, -0.05) is 13.3 Å². The molecule has 1 amide bonds. The number of amides is 1. The molecule has 1 fully saturated rings. The molecular formula is C15H20N2O3S. The number of hydrogen-bond donors (Lipinski definition) is 1. The van der Waals surface area contributed by atoms with Crippen LogP contribution >= 0.6 is 11.8 Å². The average molecular weight is 308 g/mol. The van der Waals surface area contributed by atoms with Crippen molar-refractivity contribution >= 4 is 23.6 Å². The molecule has 1 aromatic heterocycles. The minimum Gasteiger partial charge on any atom is -0.480 e. The minimum absolute atomic E-state index is 0.000963. The van der Waals surface area contributed by atoms with E-state index in [1.807, 2.05) is 19.1 Å². The van der Waals surface area contributed by atoms with Crippen LogP contribution in [0.4, 0.5) is 0 Å². The molecule has 5 nitrogen and oxygen atoms in total. The maximum Gasteiger partial charge on any atom is 0.327 e. The van der Waals surface area contributed by atoms with E-state index < -0.39 is 12.0 Å². The van der Waals surface area contributed by atoms with Gasteiger partial charge in [-0.3, -0.25) is 9.78 Å². The number of aryl methyl sites for hydroxylation is 1. The van der Waals surface area contributed by atoms with E-state index in [0.717, 1.165) is 18.4 Å². The third-order valence-corrected chi connectivity index (χ3v) is 4.93. The Balaban J connectivity index is 2.01. The van der Waals surface area contributed by atoms with E-state index in [1.54, 1.807) is 29.1 Å². The van der Waals surface area contributed by atoms with Crippen LogP contribution in [0.15, 0.2) is 24.5 Å². The van der Waals surface area contributed by atoms with Gasteiger partial charge < -0.3 is 10.0 Å². The highest BCUT2D eigenvalue weighted by atomic mass is 32.2. The first-order chi connectivity index (χ1) is 10.1. The van der Waals surface area contributed by atoms with Gasteiger partial charge in [0.1, 0.15) is 6.04 Å². The van der Waals surface area contributed by atoms with Crippen LogP contribution in [0.1, 0.15) is 31.7 Å². The topological polar surface area (TPSA) is 70.5 Å². The van der Waals surface area contributed by atoms with Crippen molar-refractivity contribution < 1.29 is 14.7 Å². The summed E-state index contributed by atoms with van der Waals surface area (Å²) in [5.74, 6) is -0.484. The first-order valence-corrected chi connectivity index (χ1v) is 8.22. The molecule has 21 heavy (non-hydrogen) atoms. The van der Waals surface area contributed by atoms with Gasteiger partial charge in [0.15, 0.2) is 0 Å². The number of carbonyl (C=O) groups excluding carboxylic acids is 1. The van der Waals surface area contributed by atoms with Crippen LogP contribution in [0.5, 0.6) is 0 Å². The number of carboxylic acids is 1. The van der Waals surface area contributed by atoms with Crippen LogP contribution in [0.25, 0.3) is 0 Å². The smallest absolute Gasteiger partial charge is 0.327 e. The van der Waals surface area contributed by atoms with Crippen molar-refractivity contribution in [2.75, 3.05) is 5.75 Å². The molecule has 0 bridgehead atoms. The Kier molecular flexibility index (Phi) is 5.61. The van der Waals surface area contributed by atoms with Gasteiger partial charge >= 0.3 is 5.97 Å². The van der Waals surface area contributed by atoms with Gasteiger partial charge in [-0.2, -0.15) is 0 Å². The molecule has 1 aliphatic rings. The number of rotatable bonds is 6. The highest BCUT2D eigenvalue weighted by Gasteiger charge is 2.40. The second-order valence-electron chi connectivity index (χ2n) is 5.09. The van der Waals surface area contributed by atoms with Crippen LogP contribution in [0, 0.1) is 0 Å². The zero-order chi connectivity index (χ0) is 15.2. The quantitative estimate of drug-likeness (QED) is 0.872. The van der Waals surface area contributed by atoms with Crippen molar-refractivity contribution in [2.45, 2.75) is 44.0 Å². The molecule has 0 saturated carbocycles. The Labute approximate surface area is 128 Å². The Bertz CT molecular complexity index is 495. The van der Waals surface area contributed by atoms with Crippen molar-refractivity contribution in [3.63, 3.8) is 0 Å². The molecule has 0 radical (unpaired) electrons. The number of aromatic nitrogens is 1. The van der Waals surface area contributed by atoms with Crippen molar-refractivity contribution in [3.05, 3.63) is 30.1 Å². The predicted molar refractivity (Wildman–Crippen MR) is 82.0 cm³/mol. The van der Waals surface area contributed by atoms with E-state index in [1.165, 1.54) is 0 Å². The number of aliphatic carboxylic acids is 1. The van der Waals surface area contributed by atoms with E-state index in [0.29, 0.717) is 18.6 Å². The first-order valence-electron chi connectivity index (χ1n) is 7.18. The Morgan fingerprint density at radius 3 is 2.76 bits per heavy atom. The molecule has 1 N–H and O–H groups in total. The summed E-state index contributed by atoms with van der Waals surface area (Å²) in [5.41, 5.74) is 1.05. The van der Waals surface area contributed by atoms with Gasteiger partial charge in [0.05, 0.1) is 5.37 Å². The van der Waals surface area contributed by atoms with Crippen LogP contribution in [0.3, 0.4) is 0 Å². The van der Waals surface area contributed by atoms with Gasteiger partial charge in [0.25, 0.3) is 0 Å². The summed E-state index contributed by atoms with van der Waals surface area (Å²) in [6, 6.07) is 3.07. The molecule has 2 atom stereocenters. The fourth-order valence-corrected chi connectivity index (χ4v) is 4.02. The lowest BCUT2D eigenvalue weighted by atomic mass is 10.1. The van der Waals surface area contributed by atoms with Crippen LogP contribution in [-0.2, 0) is 16.0 Å². The molecule has 2 rings (SSSR count). The van der Waals surface area contributed by atoms with Gasteiger partial charge in [0.2, 0.25) is 5.91 Å². The zero-order valence-electron chi connectivity index (χ0n) is 12.1.